The number of benzene rings is 2. The third-order valence-corrected chi connectivity index (χ3v) is 7.01. The molecular formula is C21H18FIN6O4S. The number of carbonyl (C=O) groups is 1. The van der Waals surface area contributed by atoms with E-state index in [2.05, 4.69) is 35.0 Å². The highest BCUT2D eigenvalue weighted by molar-refractivity contribution is 14.1. The number of halogens is 2. The number of hydrogen-bond acceptors (Lipinski definition) is 8. The van der Waals surface area contributed by atoms with Gasteiger partial charge in [0.1, 0.15) is 23.2 Å². The van der Waals surface area contributed by atoms with Crippen molar-refractivity contribution in [1.82, 2.24) is 25.5 Å². The summed E-state index contributed by atoms with van der Waals surface area (Å²) in [4.78, 5) is 21.0. The number of aromatic nitrogens is 4. The summed E-state index contributed by atoms with van der Waals surface area (Å²) in [5.74, 6) is -0.341. The van der Waals surface area contributed by atoms with Crippen molar-refractivity contribution in [1.29, 1.82) is 0 Å². The lowest BCUT2D eigenvalue weighted by atomic mass is 10.2. The van der Waals surface area contributed by atoms with Crippen LogP contribution in [0.1, 0.15) is 21.6 Å². The van der Waals surface area contributed by atoms with Gasteiger partial charge in [0.05, 0.1) is 12.0 Å². The summed E-state index contributed by atoms with van der Waals surface area (Å²) in [5, 5.41) is 12.8. The van der Waals surface area contributed by atoms with Crippen molar-refractivity contribution in [3.63, 3.8) is 0 Å². The monoisotopic (exact) mass is 596 g/mol. The summed E-state index contributed by atoms with van der Waals surface area (Å²) in [5.41, 5.74) is 2.46. The fourth-order valence-corrected chi connectivity index (χ4v) is 4.34. The van der Waals surface area contributed by atoms with Gasteiger partial charge in [0.25, 0.3) is 16.0 Å². The lowest BCUT2D eigenvalue weighted by Gasteiger charge is -2.07. The van der Waals surface area contributed by atoms with Gasteiger partial charge in [0.2, 0.25) is 0 Å². The second kappa shape index (κ2) is 9.99. The molecule has 0 spiro atoms. The Morgan fingerprint density at radius 1 is 1.12 bits per heavy atom. The number of aromatic amines is 1. The van der Waals surface area contributed by atoms with Gasteiger partial charge in [-0.15, -0.1) is 0 Å². The maximum absolute atomic E-state index is 13.4. The van der Waals surface area contributed by atoms with Gasteiger partial charge in [-0.1, -0.05) is 18.2 Å². The topological polar surface area (TPSA) is 139 Å². The predicted octanol–water partition coefficient (Wildman–Crippen LogP) is 2.97. The minimum Gasteiger partial charge on any atom is -0.363 e. The third kappa shape index (κ3) is 5.15. The van der Waals surface area contributed by atoms with Gasteiger partial charge in [0, 0.05) is 16.7 Å². The molecule has 34 heavy (non-hydrogen) atoms. The average molecular weight is 596 g/mol. The number of rotatable bonds is 8. The molecule has 0 aliphatic carbocycles. The maximum Gasteiger partial charge on any atom is 0.296 e. The van der Waals surface area contributed by atoms with Crippen LogP contribution >= 0.6 is 22.6 Å². The summed E-state index contributed by atoms with van der Waals surface area (Å²) in [6.07, 6.45) is 1.27. The van der Waals surface area contributed by atoms with Gasteiger partial charge in [-0.2, -0.15) is 13.5 Å². The first kappa shape index (κ1) is 24.0. The molecule has 2 aromatic carbocycles. The summed E-state index contributed by atoms with van der Waals surface area (Å²) in [7, 11) is -2.65. The van der Waals surface area contributed by atoms with E-state index in [1.165, 1.54) is 24.5 Å². The molecule has 0 bridgehead atoms. The quantitative estimate of drug-likeness (QED) is 0.209. The minimum atomic E-state index is -3.75. The Bertz CT molecular complexity index is 1460. The van der Waals surface area contributed by atoms with E-state index in [4.69, 9.17) is 0 Å². The Balaban J connectivity index is 1.46. The highest BCUT2D eigenvalue weighted by Crippen LogP contribution is 2.21. The predicted molar refractivity (Wildman–Crippen MR) is 130 cm³/mol. The van der Waals surface area contributed by atoms with E-state index in [9.17, 15) is 17.6 Å². The molecule has 13 heteroatoms. The molecule has 3 N–H and O–H groups in total. The first-order valence-electron chi connectivity index (χ1n) is 9.83. The first-order valence-corrected chi connectivity index (χ1v) is 12.3. The van der Waals surface area contributed by atoms with E-state index < -0.39 is 16.0 Å². The van der Waals surface area contributed by atoms with Gasteiger partial charge in [0.15, 0.2) is 11.5 Å². The van der Waals surface area contributed by atoms with E-state index in [-0.39, 0.29) is 23.0 Å². The Morgan fingerprint density at radius 2 is 1.85 bits per heavy atom. The van der Waals surface area contributed by atoms with E-state index >= 15 is 0 Å². The smallest absolute Gasteiger partial charge is 0.296 e. The van der Waals surface area contributed by atoms with Gasteiger partial charge < -0.3 is 10.6 Å². The Kier molecular flexibility index (Phi) is 7.04. The van der Waals surface area contributed by atoms with Crippen molar-refractivity contribution >= 4 is 55.5 Å². The van der Waals surface area contributed by atoms with E-state index in [1.54, 1.807) is 24.3 Å². The van der Waals surface area contributed by atoms with Crippen molar-refractivity contribution in [2.45, 2.75) is 18.0 Å². The fraction of sp³-hybridized carbons (Fsp3) is 0.143. The zero-order valence-electron chi connectivity index (χ0n) is 17.7. The number of fused-ring (bicyclic) bond motifs is 1. The summed E-state index contributed by atoms with van der Waals surface area (Å²) in [6.45, 7) is 0.538. The number of H-pyrrole nitrogens is 1. The summed E-state index contributed by atoms with van der Waals surface area (Å²) >= 11 is 1.89. The number of amides is 1. The molecule has 2 aromatic heterocycles. The molecule has 4 aromatic rings. The lowest BCUT2D eigenvalue weighted by Crippen LogP contribution is -2.24. The first-order chi connectivity index (χ1) is 16.3. The van der Waals surface area contributed by atoms with Crippen molar-refractivity contribution in [2.24, 2.45) is 0 Å². The molecule has 0 aliphatic heterocycles. The SMILES string of the molecule is COS(=O)(=O)c1ccc(CNc2n[nH]c3c(C(=O)NCc4ccc(F)c(I)c4)ncnc23)cc1. The third-order valence-electron chi connectivity index (χ3n) is 4.89. The van der Waals surface area contributed by atoms with Gasteiger partial charge in [-0.3, -0.25) is 14.1 Å². The summed E-state index contributed by atoms with van der Waals surface area (Å²) in [6, 6.07) is 10.8. The molecule has 0 saturated heterocycles. The van der Waals surface area contributed by atoms with Crippen LogP contribution in [0.4, 0.5) is 10.2 Å². The van der Waals surface area contributed by atoms with Crippen LogP contribution in [0, 0.1) is 9.39 Å². The summed E-state index contributed by atoms with van der Waals surface area (Å²) < 4.78 is 41.9. The fourth-order valence-electron chi connectivity index (χ4n) is 3.10. The van der Waals surface area contributed by atoms with Crippen LogP contribution in [0.3, 0.4) is 0 Å². The van der Waals surface area contributed by atoms with E-state index in [0.717, 1.165) is 18.2 Å². The highest BCUT2D eigenvalue weighted by atomic mass is 127. The molecule has 0 saturated carbocycles. The van der Waals surface area contributed by atoms with Crippen LogP contribution < -0.4 is 10.6 Å². The van der Waals surface area contributed by atoms with Crippen LogP contribution in [0.15, 0.2) is 53.7 Å². The van der Waals surface area contributed by atoms with Crippen LogP contribution in [-0.2, 0) is 27.4 Å². The van der Waals surface area contributed by atoms with Crippen molar-refractivity contribution < 1.29 is 21.8 Å². The average Bonchev–Trinajstić information content (AvgIpc) is 3.26. The largest absolute Gasteiger partial charge is 0.363 e. The van der Waals surface area contributed by atoms with Crippen LogP contribution in [0.2, 0.25) is 0 Å². The van der Waals surface area contributed by atoms with E-state index in [1.807, 2.05) is 22.6 Å². The zero-order chi connectivity index (χ0) is 24.3. The van der Waals surface area contributed by atoms with Crippen LogP contribution in [0.25, 0.3) is 11.0 Å². The molecule has 0 atom stereocenters. The van der Waals surface area contributed by atoms with Crippen molar-refractivity contribution in [3.05, 3.63) is 75.0 Å². The number of hydrogen-bond donors (Lipinski definition) is 3. The van der Waals surface area contributed by atoms with Crippen LogP contribution in [0.5, 0.6) is 0 Å². The normalized spacial score (nSPS) is 11.5. The molecule has 2 heterocycles. The molecule has 0 fully saturated rings. The number of anilines is 1. The van der Waals surface area contributed by atoms with E-state index in [0.29, 0.717) is 27.0 Å². The van der Waals surface area contributed by atoms with Gasteiger partial charge in [-0.05, 0) is 58.0 Å². The number of carbonyl (C=O) groups excluding carboxylic acids is 1. The van der Waals surface area contributed by atoms with Crippen molar-refractivity contribution in [3.8, 4) is 0 Å². The molecule has 176 valence electrons. The molecule has 10 nitrogen and oxygen atoms in total. The Morgan fingerprint density at radius 3 is 2.56 bits per heavy atom. The number of nitrogens with zero attached hydrogens (tertiary/aromatic N) is 3. The standard InChI is InChI=1S/C21H18FIN6O4S/c1-33-34(31,32)14-5-2-12(3-6-14)9-24-20-18-17(28-29-20)19(27-11-26-18)21(30)25-10-13-4-7-15(22)16(23)8-13/h2-8,11H,9-10H2,1H3,(H,25,30)(H2,24,28,29). The lowest BCUT2D eigenvalue weighted by molar-refractivity contribution is 0.0947. The minimum absolute atomic E-state index is 0.0581. The second-order valence-corrected chi connectivity index (χ2v) is 9.94. The maximum atomic E-state index is 13.4. The van der Waals surface area contributed by atoms with Crippen LogP contribution in [-0.4, -0.2) is 41.6 Å². The molecule has 1 amide bonds. The van der Waals surface area contributed by atoms with Gasteiger partial charge in [-0.25, -0.2) is 14.4 Å². The van der Waals surface area contributed by atoms with Gasteiger partial charge >= 0.3 is 0 Å². The Hall–Kier alpha value is -3.17. The molecular weight excluding hydrogens is 578 g/mol. The molecule has 0 unspecified atom stereocenters. The van der Waals surface area contributed by atoms with Crippen molar-refractivity contribution in [2.75, 3.05) is 12.4 Å². The molecule has 0 radical (unpaired) electrons. The highest BCUT2D eigenvalue weighted by Gasteiger charge is 2.18. The Labute approximate surface area is 207 Å². The zero-order valence-corrected chi connectivity index (χ0v) is 20.6. The molecule has 0 aliphatic rings. The second-order valence-electron chi connectivity index (χ2n) is 7.07. The number of nitrogens with one attached hydrogen (secondary N) is 3. The molecule has 4 rings (SSSR count).